The highest BCUT2D eigenvalue weighted by molar-refractivity contribution is 5.93. The first-order valence-electron chi connectivity index (χ1n) is 9.25. The van der Waals surface area contributed by atoms with Crippen LogP contribution in [-0.2, 0) is 4.79 Å². The lowest BCUT2D eigenvalue weighted by Gasteiger charge is -2.50. The summed E-state index contributed by atoms with van der Waals surface area (Å²) >= 11 is 0. The third-order valence-corrected chi connectivity index (χ3v) is 7.27. The number of halogens is 5. The van der Waals surface area contributed by atoms with Crippen molar-refractivity contribution in [3.63, 3.8) is 0 Å². The van der Waals surface area contributed by atoms with E-state index in [4.69, 9.17) is 0 Å². The zero-order valence-corrected chi connectivity index (χ0v) is 14.9. The van der Waals surface area contributed by atoms with E-state index in [0.29, 0.717) is 25.7 Å². The molecule has 0 heterocycles. The monoisotopic (exact) mass is 388 g/mol. The molecule has 2 nitrogen and oxygen atoms in total. The van der Waals surface area contributed by atoms with Crippen LogP contribution in [0.15, 0.2) is 34.9 Å². The maximum absolute atomic E-state index is 14.3. The summed E-state index contributed by atoms with van der Waals surface area (Å²) in [7, 11) is 0. The van der Waals surface area contributed by atoms with Gasteiger partial charge >= 0.3 is 12.1 Å². The first kappa shape index (κ1) is 18.8. The van der Waals surface area contributed by atoms with Gasteiger partial charge in [-0.1, -0.05) is 19.1 Å². The van der Waals surface area contributed by atoms with Crippen molar-refractivity contribution in [1.29, 1.82) is 0 Å². The summed E-state index contributed by atoms with van der Waals surface area (Å²) in [6.45, 7) is 1.33. The standard InChI is InChI=1S/C20H21F5O2/c1-17-8-6-14-13-5-3-12(26)10-11(13)2-4-15(14)16(17)7-9-18(17,27)19(21,22)20(23,24)25/h6,8,10,15-16,27H,2-5,7,9H2,1H3/t15-,16+,17+,18+/m1/s1. The molecule has 0 spiro atoms. The molecule has 0 aromatic rings. The van der Waals surface area contributed by atoms with Crippen molar-refractivity contribution >= 4 is 5.78 Å². The Balaban J connectivity index is 1.81. The fourth-order valence-electron chi connectivity index (χ4n) is 5.76. The minimum atomic E-state index is -5.81. The minimum absolute atomic E-state index is 0.0671. The van der Waals surface area contributed by atoms with Crippen LogP contribution in [0.25, 0.3) is 0 Å². The largest absolute Gasteiger partial charge is 0.456 e. The normalized spacial score (nSPS) is 39.1. The number of allylic oxidation sites excluding steroid dienone is 5. The highest BCUT2D eigenvalue weighted by Gasteiger charge is 2.78. The van der Waals surface area contributed by atoms with Crippen molar-refractivity contribution in [2.45, 2.75) is 63.1 Å². The Bertz CT molecular complexity index is 791. The highest BCUT2D eigenvalue weighted by atomic mass is 19.4. The molecule has 1 saturated carbocycles. The molecule has 1 N–H and O–H groups in total. The second-order valence-corrected chi connectivity index (χ2v) is 8.41. The highest BCUT2D eigenvalue weighted by Crippen LogP contribution is 2.66. The van der Waals surface area contributed by atoms with Crippen LogP contribution in [0, 0.1) is 17.3 Å². The van der Waals surface area contributed by atoms with E-state index in [-0.39, 0.29) is 18.1 Å². The van der Waals surface area contributed by atoms with Gasteiger partial charge in [0.2, 0.25) is 0 Å². The molecule has 0 radical (unpaired) electrons. The molecule has 4 aliphatic rings. The lowest BCUT2D eigenvalue weighted by molar-refractivity contribution is -0.356. The van der Waals surface area contributed by atoms with Gasteiger partial charge in [0, 0.05) is 11.8 Å². The van der Waals surface area contributed by atoms with Gasteiger partial charge in [0.25, 0.3) is 0 Å². The van der Waals surface area contributed by atoms with Crippen LogP contribution in [0.2, 0.25) is 0 Å². The molecule has 0 unspecified atom stereocenters. The molecule has 148 valence electrons. The van der Waals surface area contributed by atoms with E-state index in [9.17, 15) is 31.9 Å². The Kier molecular flexibility index (Phi) is 3.85. The topological polar surface area (TPSA) is 37.3 Å². The average molecular weight is 388 g/mol. The van der Waals surface area contributed by atoms with Crippen molar-refractivity contribution in [2.75, 3.05) is 0 Å². The Morgan fingerprint density at radius 1 is 1.11 bits per heavy atom. The van der Waals surface area contributed by atoms with Gasteiger partial charge in [0.05, 0.1) is 0 Å². The second kappa shape index (κ2) is 5.52. The quantitative estimate of drug-likeness (QED) is 0.649. The van der Waals surface area contributed by atoms with E-state index in [1.54, 1.807) is 12.2 Å². The first-order chi connectivity index (χ1) is 12.4. The molecular weight excluding hydrogens is 367 g/mol. The number of carbonyl (C=O) groups excluding carboxylic acids is 1. The molecule has 27 heavy (non-hydrogen) atoms. The van der Waals surface area contributed by atoms with Crippen LogP contribution in [0.4, 0.5) is 22.0 Å². The molecule has 4 aliphatic carbocycles. The second-order valence-electron chi connectivity index (χ2n) is 8.41. The smallest absolute Gasteiger partial charge is 0.382 e. The fraction of sp³-hybridized carbons (Fsp3) is 0.650. The number of rotatable bonds is 1. The molecule has 0 amide bonds. The molecule has 4 rings (SSSR count). The van der Waals surface area contributed by atoms with Crippen molar-refractivity contribution in [2.24, 2.45) is 17.3 Å². The number of carbonyl (C=O) groups is 1. The molecule has 4 atom stereocenters. The molecular formula is C20H21F5O2. The van der Waals surface area contributed by atoms with Gasteiger partial charge in [-0.3, -0.25) is 4.79 Å². The van der Waals surface area contributed by atoms with E-state index in [1.807, 2.05) is 0 Å². The predicted molar refractivity (Wildman–Crippen MR) is 88.0 cm³/mol. The summed E-state index contributed by atoms with van der Waals surface area (Å²) in [6, 6.07) is 0. The average Bonchev–Trinajstić information content (AvgIpc) is 2.86. The summed E-state index contributed by atoms with van der Waals surface area (Å²) in [6.07, 6.45) is 0.511. The number of hydrogen-bond donors (Lipinski definition) is 1. The molecule has 0 aromatic carbocycles. The van der Waals surface area contributed by atoms with Crippen molar-refractivity contribution < 1.29 is 31.9 Å². The number of ketones is 1. The Labute approximate surface area is 153 Å². The van der Waals surface area contributed by atoms with Gasteiger partial charge in [0.1, 0.15) is 5.60 Å². The Hall–Kier alpha value is -1.50. The number of fused-ring (bicyclic) bond motifs is 4. The summed E-state index contributed by atoms with van der Waals surface area (Å²) in [5.74, 6) is -5.77. The van der Waals surface area contributed by atoms with E-state index >= 15 is 0 Å². The molecule has 0 bridgehead atoms. The van der Waals surface area contributed by atoms with Gasteiger partial charge in [-0.2, -0.15) is 22.0 Å². The summed E-state index contributed by atoms with van der Waals surface area (Å²) in [4.78, 5) is 11.7. The lowest BCUT2D eigenvalue weighted by atomic mass is 9.57. The van der Waals surface area contributed by atoms with Crippen LogP contribution >= 0.6 is 0 Å². The van der Waals surface area contributed by atoms with E-state index in [0.717, 1.165) is 16.7 Å². The molecule has 0 aromatic heterocycles. The maximum atomic E-state index is 14.3. The van der Waals surface area contributed by atoms with Crippen molar-refractivity contribution in [3.8, 4) is 0 Å². The summed E-state index contributed by atoms with van der Waals surface area (Å²) in [5, 5.41) is 10.7. The molecule has 7 heteroatoms. The van der Waals surface area contributed by atoms with Gasteiger partial charge < -0.3 is 5.11 Å². The van der Waals surface area contributed by atoms with E-state index in [2.05, 4.69) is 0 Å². The fourth-order valence-corrected chi connectivity index (χ4v) is 5.76. The van der Waals surface area contributed by atoms with Gasteiger partial charge in [0.15, 0.2) is 5.78 Å². The van der Waals surface area contributed by atoms with Crippen LogP contribution in [0.3, 0.4) is 0 Å². The third-order valence-electron chi connectivity index (χ3n) is 7.27. The van der Waals surface area contributed by atoms with Gasteiger partial charge in [-0.15, -0.1) is 0 Å². The third kappa shape index (κ3) is 2.30. The van der Waals surface area contributed by atoms with Gasteiger partial charge in [-0.05, 0) is 66.7 Å². The van der Waals surface area contributed by atoms with Crippen LogP contribution in [-0.4, -0.2) is 28.6 Å². The Morgan fingerprint density at radius 2 is 1.81 bits per heavy atom. The SMILES string of the molecule is C[C@]12C=CC3=C4CCC(=O)C=C4CC[C@H]3[C@@H]1CC[C@@]2(O)C(F)(F)C(F)(F)F. The number of hydrogen-bond acceptors (Lipinski definition) is 2. The van der Waals surface area contributed by atoms with Gasteiger partial charge in [-0.25, -0.2) is 0 Å². The first-order valence-corrected chi connectivity index (χ1v) is 9.25. The predicted octanol–water partition coefficient (Wildman–Crippen LogP) is 4.90. The minimum Gasteiger partial charge on any atom is -0.382 e. The van der Waals surface area contributed by atoms with Crippen molar-refractivity contribution in [1.82, 2.24) is 0 Å². The van der Waals surface area contributed by atoms with Crippen LogP contribution in [0.5, 0.6) is 0 Å². The molecule has 0 saturated heterocycles. The summed E-state index contributed by atoms with van der Waals surface area (Å²) in [5.41, 5.74) is -1.88. The van der Waals surface area contributed by atoms with E-state index < -0.39 is 35.5 Å². The number of alkyl halides is 5. The maximum Gasteiger partial charge on any atom is 0.456 e. The van der Waals surface area contributed by atoms with E-state index in [1.165, 1.54) is 13.0 Å². The zero-order valence-electron chi connectivity index (χ0n) is 14.9. The van der Waals surface area contributed by atoms with Crippen LogP contribution in [0.1, 0.15) is 45.4 Å². The zero-order chi connectivity index (χ0) is 19.8. The lowest BCUT2D eigenvalue weighted by Crippen LogP contribution is -2.64. The van der Waals surface area contributed by atoms with Crippen LogP contribution < -0.4 is 0 Å². The number of aliphatic hydroxyl groups is 1. The Morgan fingerprint density at radius 3 is 2.48 bits per heavy atom. The molecule has 0 aliphatic heterocycles. The van der Waals surface area contributed by atoms with Crippen molar-refractivity contribution in [3.05, 3.63) is 34.9 Å². The summed E-state index contributed by atoms with van der Waals surface area (Å²) < 4.78 is 67.8. The molecule has 1 fully saturated rings.